The Morgan fingerprint density at radius 3 is 2.32 bits per heavy atom. The molecule has 0 amide bonds. The molecular formula is C23H32N4O. The SMILES string of the molecule is CCc1nc2c(C(CC)CC)cn(C)c2nc1-c1ccc(C(C)C)nc1OC. The second-order valence-corrected chi connectivity index (χ2v) is 7.70. The lowest BCUT2D eigenvalue weighted by Crippen LogP contribution is -2.04. The van der Waals surface area contributed by atoms with Crippen molar-refractivity contribution in [3.8, 4) is 17.1 Å². The predicted octanol–water partition coefficient (Wildman–Crippen LogP) is 5.63. The summed E-state index contributed by atoms with van der Waals surface area (Å²) >= 11 is 0. The van der Waals surface area contributed by atoms with Crippen LogP contribution in [0.3, 0.4) is 0 Å². The van der Waals surface area contributed by atoms with Gasteiger partial charge in [0.25, 0.3) is 0 Å². The fraction of sp³-hybridized carbons (Fsp3) is 0.522. The third kappa shape index (κ3) is 3.50. The lowest BCUT2D eigenvalue weighted by atomic mass is 9.95. The molecule has 0 bridgehead atoms. The van der Waals surface area contributed by atoms with Crippen LogP contribution in [0.1, 0.15) is 76.2 Å². The van der Waals surface area contributed by atoms with Crippen LogP contribution in [-0.4, -0.2) is 26.6 Å². The maximum atomic E-state index is 5.62. The molecule has 5 heteroatoms. The highest BCUT2D eigenvalue weighted by Gasteiger charge is 2.21. The van der Waals surface area contributed by atoms with E-state index in [1.54, 1.807) is 7.11 Å². The van der Waals surface area contributed by atoms with Crippen molar-refractivity contribution >= 4 is 11.2 Å². The average molecular weight is 381 g/mol. The molecule has 0 unspecified atom stereocenters. The van der Waals surface area contributed by atoms with Crippen LogP contribution in [0, 0.1) is 0 Å². The van der Waals surface area contributed by atoms with E-state index in [1.807, 2.05) is 0 Å². The van der Waals surface area contributed by atoms with Crippen molar-refractivity contribution in [1.29, 1.82) is 0 Å². The molecule has 3 aromatic heterocycles. The molecule has 150 valence electrons. The number of pyridine rings is 1. The first-order chi connectivity index (χ1) is 13.4. The summed E-state index contributed by atoms with van der Waals surface area (Å²) in [6.45, 7) is 10.9. The van der Waals surface area contributed by atoms with Crippen molar-refractivity contribution in [1.82, 2.24) is 19.5 Å². The number of hydrogen-bond donors (Lipinski definition) is 0. The van der Waals surface area contributed by atoms with Crippen LogP contribution in [0.25, 0.3) is 22.4 Å². The van der Waals surface area contributed by atoms with E-state index in [2.05, 4.69) is 64.6 Å². The Hall–Kier alpha value is -2.43. The van der Waals surface area contributed by atoms with Crippen LogP contribution in [0.15, 0.2) is 18.3 Å². The number of rotatable bonds is 7. The third-order valence-corrected chi connectivity index (χ3v) is 5.57. The van der Waals surface area contributed by atoms with Gasteiger partial charge in [-0.2, -0.15) is 0 Å². The maximum Gasteiger partial charge on any atom is 0.222 e. The minimum atomic E-state index is 0.345. The van der Waals surface area contributed by atoms with Gasteiger partial charge in [0, 0.05) is 24.5 Å². The Balaban J connectivity index is 2.24. The lowest BCUT2D eigenvalue weighted by Gasteiger charge is -2.14. The highest BCUT2D eigenvalue weighted by atomic mass is 16.5. The van der Waals surface area contributed by atoms with Gasteiger partial charge in [-0.05, 0) is 43.2 Å². The third-order valence-electron chi connectivity index (χ3n) is 5.57. The Morgan fingerprint density at radius 1 is 1.04 bits per heavy atom. The van der Waals surface area contributed by atoms with Gasteiger partial charge in [-0.15, -0.1) is 0 Å². The molecule has 3 rings (SSSR count). The molecular weight excluding hydrogens is 348 g/mol. The monoisotopic (exact) mass is 380 g/mol. The average Bonchev–Trinajstić information content (AvgIpc) is 3.03. The summed E-state index contributed by atoms with van der Waals surface area (Å²) in [5.41, 5.74) is 7.03. The highest BCUT2D eigenvalue weighted by molar-refractivity contribution is 5.81. The molecule has 3 heterocycles. The number of aromatic nitrogens is 4. The molecule has 3 aromatic rings. The zero-order valence-electron chi connectivity index (χ0n) is 18.2. The summed E-state index contributed by atoms with van der Waals surface area (Å²) in [4.78, 5) is 14.8. The first kappa shape index (κ1) is 20.3. The van der Waals surface area contributed by atoms with E-state index in [4.69, 9.17) is 19.7 Å². The first-order valence-corrected chi connectivity index (χ1v) is 10.4. The second-order valence-electron chi connectivity index (χ2n) is 7.70. The quantitative estimate of drug-likeness (QED) is 0.533. The number of nitrogens with zero attached hydrogens (tertiary/aromatic N) is 4. The number of methoxy groups -OCH3 is 1. The van der Waals surface area contributed by atoms with Crippen LogP contribution < -0.4 is 4.74 Å². The molecule has 0 aromatic carbocycles. The van der Waals surface area contributed by atoms with Crippen molar-refractivity contribution in [3.63, 3.8) is 0 Å². The summed E-state index contributed by atoms with van der Waals surface area (Å²) in [5.74, 6) is 1.47. The summed E-state index contributed by atoms with van der Waals surface area (Å²) in [6, 6.07) is 4.13. The minimum Gasteiger partial charge on any atom is -0.480 e. The highest BCUT2D eigenvalue weighted by Crippen LogP contribution is 2.35. The number of ether oxygens (including phenoxy) is 1. The molecule has 0 fully saturated rings. The van der Waals surface area contributed by atoms with Crippen molar-refractivity contribution in [3.05, 3.63) is 35.3 Å². The van der Waals surface area contributed by atoms with E-state index in [0.29, 0.717) is 17.7 Å². The number of fused-ring (bicyclic) bond motifs is 1. The number of hydrogen-bond acceptors (Lipinski definition) is 4. The summed E-state index contributed by atoms with van der Waals surface area (Å²) < 4.78 is 7.72. The Kier molecular flexibility index (Phi) is 6.01. The second kappa shape index (κ2) is 8.29. The molecule has 0 N–H and O–H groups in total. The van der Waals surface area contributed by atoms with Gasteiger partial charge in [0.05, 0.1) is 24.1 Å². The van der Waals surface area contributed by atoms with Gasteiger partial charge in [-0.25, -0.2) is 15.0 Å². The predicted molar refractivity (Wildman–Crippen MR) is 115 cm³/mol. The van der Waals surface area contributed by atoms with Crippen molar-refractivity contribution < 1.29 is 4.74 Å². The van der Waals surface area contributed by atoms with Crippen molar-refractivity contribution in [2.75, 3.05) is 7.11 Å². The van der Waals surface area contributed by atoms with Crippen LogP contribution >= 0.6 is 0 Å². The fourth-order valence-electron chi connectivity index (χ4n) is 3.83. The smallest absolute Gasteiger partial charge is 0.222 e. The minimum absolute atomic E-state index is 0.345. The van der Waals surface area contributed by atoms with E-state index in [9.17, 15) is 0 Å². The molecule has 0 atom stereocenters. The molecule has 0 aliphatic rings. The zero-order chi connectivity index (χ0) is 20.4. The van der Waals surface area contributed by atoms with E-state index in [-0.39, 0.29) is 0 Å². The van der Waals surface area contributed by atoms with Gasteiger partial charge in [0.1, 0.15) is 5.52 Å². The summed E-state index contributed by atoms with van der Waals surface area (Å²) in [6.07, 6.45) is 5.22. The molecule has 0 aliphatic heterocycles. The molecule has 0 aliphatic carbocycles. The first-order valence-electron chi connectivity index (χ1n) is 10.4. The lowest BCUT2D eigenvalue weighted by molar-refractivity contribution is 0.397. The Labute approximate surface area is 168 Å². The van der Waals surface area contributed by atoms with Gasteiger partial charge in [0.15, 0.2) is 5.65 Å². The van der Waals surface area contributed by atoms with Crippen molar-refractivity contribution in [2.45, 2.75) is 65.7 Å². The molecule has 0 spiro atoms. The van der Waals surface area contributed by atoms with Gasteiger partial charge < -0.3 is 9.30 Å². The van der Waals surface area contributed by atoms with Gasteiger partial charge in [-0.1, -0.05) is 34.6 Å². The van der Waals surface area contributed by atoms with E-state index in [1.165, 1.54) is 5.56 Å². The standard InChI is InChI=1S/C23H32N4O/c1-8-15(9-2)17-13-27(6)22-21(17)24-18(10-3)20(26-22)16-11-12-19(14(4)5)25-23(16)28-7/h11-15H,8-10H2,1-7H3. The zero-order valence-corrected chi connectivity index (χ0v) is 18.2. The van der Waals surface area contributed by atoms with Crippen LogP contribution in [0.5, 0.6) is 5.88 Å². The van der Waals surface area contributed by atoms with Gasteiger partial charge in [-0.3, -0.25) is 0 Å². The van der Waals surface area contributed by atoms with Crippen LogP contribution in [0.2, 0.25) is 0 Å². The fourth-order valence-corrected chi connectivity index (χ4v) is 3.83. The molecule has 0 radical (unpaired) electrons. The van der Waals surface area contributed by atoms with Gasteiger partial charge in [0.2, 0.25) is 5.88 Å². The van der Waals surface area contributed by atoms with E-state index < -0.39 is 0 Å². The summed E-state index contributed by atoms with van der Waals surface area (Å²) in [7, 11) is 3.72. The van der Waals surface area contributed by atoms with E-state index in [0.717, 1.165) is 53.1 Å². The number of aryl methyl sites for hydroxylation is 2. The van der Waals surface area contributed by atoms with Crippen molar-refractivity contribution in [2.24, 2.45) is 7.05 Å². The summed E-state index contributed by atoms with van der Waals surface area (Å²) in [5, 5.41) is 0. The maximum absolute atomic E-state index is 5.62. The van der Waals surface area contributed by atoms with Crippen LogP contribution in [0.4, 0.5) is 0 Å². The largest absolute Gasteiger partial charge is 0.480 e. The van der Waals surface area contributed by atoms with Gasteiger partial charge >= 0.3 is 0 Å². The van der Waals surface area contributed by atoms with Crippen LogP contribution in [-0.2, 0) is 13.5 Å². The molecule has 0 saturated carbocycles. The topological polar surface area (TPSA) is 52.8 Å². The Bertz CT molecular complexity index is 970. The molecule has 0 saturated heterocycles. The van der Waals surface area contributed by atoms with E-state index >= 15 is 0 Å². The normalized spacial score (nSPS) is 11.8. The molecule has 5 nitrogen and oxygen atoms in total. The molecule has 28 heavy (non-hydrogen) atoms. The Morgan fingerprint density at radius 2 is 1.75 bits per heavy atom.